The van der Waals surface area contributed by atoms with E-state index in [1.807, 2.05) is 18.3 Å². The predicted molar refractivity (Wildman–Crippen MR) is 57.2 cm³/mol. The van der Waals surface area contributed by atoms with E-state index in [0.29, 0.717) is 6.54 Å². The number of nitrogens with two attached hydrogens (primary N) is 1. The maximum atomic E-state index is 5.57. The number of aromatic nitrogens is 1. The van der Waals surface area contributed by atoms with E-state index in [-0.39, 0.29) is 0 Å². The number of fused-ring (bicyclic) bond motifs is 1. The molecule has 0 radical (unpaired) electrons. The maximum absolute atomic E-state index is 5.57. The van der Waals surface area contributed by atoms with Gasteiger partial charge in [0.05, 0.1) is 0 Å². The molecule has 1 heterocycles. The molecule has 13 heavy (non-hydrogen) atoms. The Kier molecular flexibility index (Phi) is 2.32. The molecule has 0 unspecified atom stereocenters. The number of para-hydroxylation sites is 1. The van der Waals surface area contributed by atoms with Crippen LogP contribution >= 0.6 is 0 Å². The summed E-state index contributed by atoms with van der Waals surface area (Å²) in [6.45, 7) is 0.557. The van der Waals surface area contributed by atoms with Gasteiger partial charge < -0.3 is 0 Å². The van der Waals surface area contributed by atoms with E-state index >= 15 is 0 Å². The summed E-state index contributed by atoms with van der Waals surface area (Å²) in [5, 5.41) is 1.22. The van der Waals surface area contributed by atoms with Crippen LogP contribution in [-0.2, 0) is 0 Å². The van der Waals surface area contributed by atoms with Gasteiger partial charge in [0.1, 0.15) is 0 Å². The van der Waals surface area contributed by atoms with Crippen LogP contribution < -0.4 is 5.73 Å². The van der Waals surface area contributed by atoms with E-state index in [2.05, 4.69) is 32.7 Å². The standard InChI is InChI=1S/C10H10N2Se/c11-5-10(13)8-6-12-9-4-2-1-3-7(8)9/h1-4,6,12H,5,11H2. The Morgan fingerprint density at radius 2 is 2.15 bits per heavy atom. The molecule has 0 spiro atoms. The van der Waals surface area contributed by atoms with Crippen molar-refractivity contribution in [3.63, 3.8) is 0 Å². The Labute approximate surface area is 84.5 Å². The zero-order valence-electron chi connectivity index (χ0n) is 7.08. The molecule has 0 fully saturated rings. The van der Waals surface area contributed by atoms with Crippen LogP contribution in [0.1, 0.15) is 5.56 Å². The van der Waals surface area contributed by atoms with Gasteiger partial charge in [-0.1, -0.05) is 0 Å². The fourth-order valence-corrected chi connectivity index (χ4v) is 1.77. The molecular weight excluding hydrogens is 227 g/mol. The molecule has 2 aromatic rings. The summed E-state index contributed by atoms with van der Waals surface area (Å²) in [7, 11) is 0. The summed E-state index contributed by atoms with van der Waals surface area (Å²) in [4.78, 5) is 3.21. The van der Waals surface area contributed by atoms with Crippen molar-refractivity contribution in [1.82, 2.24) is 4.98 Å². The van der Waals surface area contributed by atoms with E-state index < -0.39 is 0 Å². The quantitative estimate of drug-likeness (QED) is 0.746. The second kappa shape index (κ2) is 3.46. The molecule has 0 aliphatic rings. The van der Waals surface area contributed by atoms with Gasteiger partial charge in [0.15, 0.2) is 0 Å². The van der Waals surface area contributed by atoms with Crippen molar-refractivity contribution < 1.29 is 0 Å². The Bertz CT molecular complexity index is 445. The number of hydrogen-bond acceptors (Lipinski definition) is 1. The number of benzene rings is 1. The molecule has 0 aliphatic carbocycles. The molecule has 66 valence electrons. The number of rotatable bonds is 2. The van der Waals surface area contributed by atoms with Crippen LogP contribution in [0.15, 0.2) is 30.5 Å². The first kappa shape index (κ1) is 8.70. The number of hydrogen-bond donors (Lipinski definition) is 2. The van der Waals surface area contributed by atoms with Crippen molar-refractivity contribution in [2.45, 2.75) is 0 Å². The normalized spacial score (nSPS) is 10.5. The SMILES string of the molecule is NCC(=[Se])c1c[nH]c2ccccc12. The minimum atomic E-state index is 0.557. The van der Waals surface area contributed by atoms with Gasteiger partial charge in [-0.3, -0.25) is 0 Å². The van der Waals surface area contributed by atoms with Crippen LogP contribution in [0.3, 0.4) is 0 Å². The summed E-state index contributed by atoms with van der Waals surface area (Å²) in [6, 6.07) is 8.20. The van der Waals surface area contributed by atoms with Crippen LogP contribution in [0.2, 0.25) is 0 Å². The third-order valence-corrected chi connectivity index (χ3v) is 2.89. The van der Waals surface area contributed by atoms with Gasteiger partial charge >= 0.3 is 84.2 Å². The Hall–Kier alpha value is -0.891. The van der Waals surface area contributed by atoms with Gasteiger partial charge in [-0.25, -0.2) is 0 Å². The van der Waals surface area contributed by atoms with Crippen LogP contribution in [0.25, 0.3) is 10.9 Å². The second-order valence-corrected chi connectivity index (χ2v) is 3.91. The molecule has 3 N–H and O–H groups in total. The predicted octanol–water partition coefficient (Wildman–Crippen LogP) is 0.816. The number of nitrogens with one attached hydrogen (secondary N) is 1. The number of H-pyrrole nitrogens is 1. The molecule has 2 nitrogen and oxygen atoms in total. The molecule has 0 aliphatic heterocycles. The Morgan fingerprint density at radius 3 is 2.92 bits per heavy atom. The van der Waals surface area contributed by atoms with Gasteiger partial charge in [0.25, 0.3) is 0 Å². The minimum absolute atomic E-state index is 0.557. The zero-order chi connectivity index (χ0) is 9.26. The van der Waals surface area contributed by atoms with Crippen molar-refractivity contribution in [2.75, 3.05) is 6.54 Å². The van der Waals surface area contributed by atoms with E-state index in [1.165, 1.54) is 10.9 Å². The van der Waals surface area contributed by atoms with Gasteiger partial charge in [-0.15, -0.1) is 0 Å². The molecular formula is C10H10N2Se. The molecule has 0 amide bonds. The van der Waals surface area contributed by atoms with Crippen molar-refractivity contribution in [1.29, 1.82) is 0 Å². The molecule has 1 aromatic heterocycles. The molecule has 0 saturated heterocycles. The second-order valence-electron chi connectivity index (χ2n) is 2.88. The average Bonchev–Trinajstić information content (AvgIpc) is 2.60. The molecule has 1 aromatic carbocycles. The van der Waals surface area contributed by atoms with Crippen LogP contribution in [0.5, 0.6) is 0 Å². The fourth-order valence-electron chi connectivity index (χ4n) is 1.41. The summed E-state index contributed by atoms with van der Waals surface area (Å²) in [5.41, 5.74) is 7.90. The monoisotopic (exact) mass is 238 g/mol. The van der Waals surface area contributed by atoms with Crippen molar-refractivity contribution in [3.05, 3.63) is 36.0 Å². The van der Waals surface area contributed by atoms with E-state index in [9.17, 15) is 0 Å². The van der Waals surface area contributed by atoms with E-state index in [4.69, 9.17) is 5.73 Å². The third-order valence-electron chi connectivity index (χ3n) is 2.08. The van der Waals surface area contributed by atoms with Crippen LogP contribution in [-0.4, -0.2) is 31.5 Å². The van der Waals surface area contributed by atoms with Crippen molar-refractivity contribution >= 4 is 30.9 Å². The van der Waals surface area contributed by atoms with Gasteiger partial charge in [-0.2, -0.15) is 0 Å². The average molecular weight is 237 g/mol. The molecule has 2 rings (SSSR count). The summed E-state index contributed by atoms with van der Waals surface area (Å²) >= 11 is 2.99. The van der Waals surface area contributed by atoms with Gasteiger partial charge in [0, 0.05) is 0 Å². The molecule has 0 bridgehead atoms. The summed E-state index contributed by atoms with van der Waals surface area (Å²) < 4.78 is 1.09. The first-order chi connectivity index (χ1) is 6.33. The van der Waals surface area contributed by atoms with E-state index in [0.717, 1.165) is 9.93 Å². The van der Waals surface area contributed by atoms with Gasteiger partial charge in [0.2, 0.25) is 0 Å². The van der Waals surface area contributed by atoms with E-state index in [1.54, 1.807) is 0 Å². The molecule has 0 saturated carbocycles. The fraction of sp³-hybridized carbons (Fsp3) is 0.100. The zero-order valence-corrected chi connectivity index (χ0v) is 8.79. The first-order valence-corrected chi connectivity index (χ1v) is 4.98. The Balaban J connectivity index is 2.64. The van der Waals surface area contributed by atoms with Crippen LogP contribution in [0.4, 0.5) is 0 Å². The summed E-state index contributed by atoms with van der Waals surface area (Å²) in [5.74, 6) is 0. The van der Waals surface area contributed by atoms with Crippen LogP contribution in [0, 0.1) is 0 Å². The van der Waals surface area contributed by atoms with Gasteiger partial charge in [-0.05, 0) is 0 Å². The molecule has 3 heteroatoms. The van der Waals surface area contributed by atoms with Crippen molar-refractivity contribution in [3.8, 4) is 0 Å². The third kappa shape index (κ3) is 1.46. The topological polar surface area (TPSA) is 41.8 Å². The first-order valence-electron chi connectivity index (χ1n) is 4.12. The molecule has 0 atom stereocenters. The van der Waals surface area contributed by atoms with Crippen molar-refractivity contribution in [2.24, 2.45) is 5.73 Å². The number of aromatic amines is 1. The summed E-state index contributed by atoms with van der Waals surface area (Å²) in [6.07, 6.45) is 1.99. The Morgan fingerprint density at radius 1 is 1.38 bits per heavy atom.